The Morgan fingerprint density at radius 3 is 2.81 bits per heavy atom. The van der Waals surface area contributed by atoms with Crippen LogP contribution in [-0.2, 0) is 0 Å². The molecule has 0 saturated carbocycles. The van der Waals surface area contributed by atoms with Crippen LogP contribution in [0.2, 0.25) is 0 Å². The van der Waals surface area contributed by atoms with Gasteiger partial charge in [-0.05, 0) is 43.0 Å². The monoisotopic (exact) mass is 282 g/mol. The third kappa shape index (κ3) is 2.41. The van der Waals surface area contributed by atoms with Crippen molar-refractivity contribution in [3.63, 3.8) is 0 Å². The maximum atomic E-state index is 3.70. The molecule has 1 aromatic rings. The summed E-state index contributed by atoms with van der Waals surface area (Å²) >= 11 is 3.70. The van der Waals surface area contributed by atoms with Gasteiger partial charge >= 0.3 is 0 Å². The van der Waals surface area contributed by atoms with E-state index in [2.05, 4.69) is 58.4 Å². The molecule has 2 nitrogen and oxygen atoms in total. The molecule has 2 rings (SSSR count). The second kappa shape index (κ2) is 5.19. The lowest BCUT2D eigenvalue weighted by Gasteiger charge is -2.28. The molecule has 3 heteroatoms. The van der Waals surface area contributed by atoms with E-state index in [4.69, 9.17) is 0 Å². The van der Waals surface area contributed by atoms with Crippen molar-refractivity contribution in [3.05, 3.63) is 28.2 Å². The molecule has 16 heavy (non-hydrogen) atoms. The SMILES string of the molecule is CN(C)c1cccc(Br)c1C1CCCNC1. The Morgan fingerprint density at radius 2 is 2.19 bits per heavy atom. The summed E-state index contributed by atoms with van der Waals surface area (Å²) in [4.78, 5) is 2.20. The first-order valence-corrected chi connectivity index (χ1v) is 6.66. The van der Waals surface area contributed by atoms with E-state index >= 15 is 0 Å². The lowest BCUT2D eigenvalue weighted by Crippen LogP contribution is -2.29. The van der Waals surface area contributed by atoms with E-state index in [1.165, 1.54) is 28.6 Å². The molecule has 1 aromatic carbocycles. The van der Waals surface area contributed by atoms with Gasteiger partial charge in [-0.25, -0.2) is 0 Å². The van der Waals surface area contributed by atoms with Crippen LogP contribution in [0.25, 0.3) is 0 Å². The third-order valence-electron chi connectivity index (χ3n) is 3.22. The Balaban J connectivity index is 2.36. The standard InChI is InChI=1S/C13H19BrN2/c1-16(2)12-7-3-6-11(14)13(12)10-5-4-8-15-9-10/h3,6-7,10,15H,4-5,8-9H2,1-2H3. The fourth-order valence-corrected chi connectivity index (χ4v) is 3.10. The molecule has 1 saturated heterocycles. The second-order valence-electron chi connectivity index (χ2n) is 4.61. The maximum Gasteiger partial charge on any atom is 0.0408 e. The highest BCUT2D eigenvalue weighted by molar-refractivity contribution is 9.10. The van der Waals surface area contributed by atoms with Gasteiger partial charge in [-0.15, -0.1) is 0 Å². The predicted molar refractivity (Wildman–Crippen MR) is 73.3 cm³/mol. The summed E-state index contributed by atoms with van der Waals surface area (Å²) in [6.45, 7) is 2.27. The number of hydrogen-bond donors (Lipinski definition) is 1. The molecule has 1 heterocycles. The summed E-state index contributed by atoms with van der Waals surface area (Å²) in [6, 6.07) is 6.46. The van der Waals surface area contributed by atoms with Gasteiger partial charge in [0, 0.05) is 30.8 Å². The van der Waals surface area contributed by atoms with Crippen LogP contribution in [0.5, 0.6) is 0 Å². The second-order valence-corrected chi connectivity index (χ2v) is 5.46. The number of halogens is 1. The van der Waals surface area contributed by atoms with Crippen LogP contribution in [0.1, 0.15) is 24.3 Å². The van der Waals surface area contributed by atoms with Gasteiger partial charge in [0.15, 0.2) is 0 Å². The predicted octanol–water partition coefficient (Wildman–Crippen LogP) is 2.98. The number of piperidine rings is 1. The maximum absolute atomic E-state index is 3.70. The molecule has 1 aliphatic heterocycles. The minimum absolute atomic E-state index is 0.640. The van der Waals surface area contributed by atoms with E-state index in [-0.39, 0.29) is 0 Å². The highest BCUT2D eigenvalue weighted by Gasteiger charge is 2.21. The molecule has 1 fully saturated rings. The lowest BCUT2D eigenvalue weighted by atomic mass is 9.90. The average molecular weight is 283 g/mol. The van der Waals surface area contributed by atoms with Crippen molar-refractivity contribution >= 4 is 21.6 Å². The van der Waals surface area contributed by atoms with Gasteiger partial charge in [0.2, 0.25) is 0 Å². The summed E-state index contributed by atoms with van der Waals surface area (Å²) < 4.78 is 1.24. The van der Waals surface area contributed by atoms with Crippen LogP contribution in [-0.4, -0.2) is 27.2 Å². The van der Waals surface area contributed by atoms with Crippen molar-refractivity contribution in [2.24, 2.45) is 0 Å². The zero-order valence-corrected chi connectivity index (χ0v) is 11.5. The van der Waals surface area contributed by atoms with Crippen molar-refractivity contribution in [2.75, 3.05) is 32.1 Å². The van der Waals surface area contributed by atoms with Gasteiger partial charge in [0.1, 0.15) is 0 Å². The Kier molecular flexibility index (Phi) is 3.87. The molecule has 0 aliphatic carbocycles. The van der Waals surface area contributed by atoms with Gasteiger partial charge in [-0.2, -0.15) is 0 Å². The third-order valence-corrected chi connectivity index (χ3v) is 3.91. The molecule has 1 unspecified atom stereocenters. The minimum Gasteiger partial charge on any atom is -0.377 e. The van der Waals surface area contributed by atoms with E-state index in [1.54, 1.807) is 0 Å². The number of nitrogens with one attached hydrogen (secondary N) is 1. The largest absolute Gasteiger partial charge is 0.377 e. The normalized spacial score (nSPS) is 20.8. The van der Waals surface area contributed by atoms with E-state index < -0.39 is 0 Å². The quantitative estimate of drug-likeness (QED) is 0.897. The summed E-state index contributed by atoms with van der Waals surface area (Å²) in [6.07, 6.45) is 2.56. The molecular weight excluding hydrogens is 264 g/mol. The van der Waals surface area contributed by atoms with Crippen LogP contribution in [0, 0.1) is 0 Å². The fourth-order valence-electron chi connectivity index (χ4n) is 2.42. The van der Waals surface area contributed by atoms with Crippen LogP contribution in [0.3, 0.4) is 0 Å². The zero-order valence-electron chi connectivity index (χ0n) is 9.96. The first kappa shape index (κ1) is 11.9. The average Bonchev–Trinajstić information content (AvgIpc) is 2.29. The van der Waals surface area contributed by atoms with Crippen molar-refractivity contribution in [1.29, 1.82) is 0 Å². The van der Waals surface area contributed by atoms with E-state index in [0.717, 1.165) is 13.1 Å². The summed E-state index contributed by atoms with van der Waals surface area (Å²) in [5.74, 6) is 0.640. The molecule has 0 radical (unpaired) electrons. The Bertz CT molecular complexity index is 357. The molecule has 0 spiro atoms. The highest BCUT2D eigenvalue weighted by atomic mass is 79.9. The van der Waals surface area contributed by atoms with Gasteiger partial charge in [-0.3, -0.25) is 0 Å². The number of rotatable bonds is 2. The topological polar surface area (TPSA) is 15.3 Å². The van der Waals surface area contributed by atoms with Crippen molar-refractivity contribution < 1.29 is 0 Å². The fraction of sp³-hybridized carbons (Fsp3) is 0.538. The molecular formula is C13H19BrN2. The van der Waals surface area contributed by atoms with E-state index in [9.17, 15) is 0 Å². The van der Waals surface area contributed by atoms with Crippen molar-refractivity contribution in [3.8, 4) is 0 Å². The van der Waals surface area contributed by atoms with E-state index in [0.29, 0.717) is 5.92 Å². The van der Waals surface area contributed by atoms with Gasteiger partial charge < -0.3 is 10.2 Å². The van der Waals surface area contributed by atoms with Crippen LogP contribution in [0.4, 0.5) is 5.69 Å². The number of nitrogens with zero attached hydrogens (tertiary/aromatic N) is 1. The van der Waals surface area contributed by atoms with Gasteiger partial charge in [0.25, 0.3) is 0 Å². The number of benzene rings is 1. The zero-order chi connectivity index (χ0) is 11.5. The first-order chi connectivity index (χ1) is 7.70. The van der Waals surface area contributed by atoms with Crippen molar-refractivity contribution in [2.45, 2.75) is 18.8 Å². The minimum atomic E-state index is 0.640. The molecule has 0 bridgehead atoms. The smallest absolute Gasteiger partial charge is 0.0408 e. The molecule has 1 aliphatic rings. The molecule has 0 aromatic heterocycles. The lowest BCUT2D eigenvalue weighted by molar-refractivity contribution is 0.461. The molecule has 1 N–H and O–H groups in total. The molecule has 0 amide bonds. The first-order valence-electron chi connectivity index (χ1n) is 5.86. The van der Waals surface area contributed by atoms with Gasteiger partial charge in [0.05, 0.1) is 0 Å². The Hall–Kier alpha value is -0.540. The van der Waals surface area contributed by atoms with Crippen LogP contribution >= 0.6 is 15.9 Å². The van der Waals surface area contributed by atoms with Gasteiger partial charge in [-0.1, -0.05) is 22.0 Å². The van der Waals surface area contributed by atoms with Crippen molar-refractivity contribution in [1.82, 2.24) is 5.32 Å². The Labute approximate surface area is 106 Å². The van der Waals surface area contributed by atoms with E-state index in [1.807, 2.05) is 0 Å². The number of hydrogen-bond acceptors (Lipinski definition) is 2. The summed E-state index contributed by atoms with van der Waals surface area (Å²) in [5.41, 5.74) is 2.79. The Morgan fingerprint density at radius 1 is 1.38 bits per heavy atom. The summed E-state index contributed by atoms with van der Waals surface area (Å²) in [7, 11) is 4.23. The summed E-state index contributed by atoms with van der Waals surface area (Å²) in [5, 5.41) is 3.49. The molecule has 1 atom stereocenters. The molecule has 88 valence electrons. The highest BCUT2D eigenvalue weighted by Crippen LogP contribution is 2.36. The van der Waals surface area contributed by atoms with Crippen LogP contribution < -0.4 is 10.2 Å². The van der Waals surface area contributed by atoms with Crippen LogP contribution in [0.15, 0.2) is 22.7 Å². The number of anilines is 1.